The molecule has 1 aromatic rings. The molecule has 0 amide bonds. The number of aryl methyl sites for hydroxylation is 1. The molecule has 0 spiro atoms. The van der Waals surface area contributed by atoms with Crippen LogP contribution in [0.2, 0.25) is 0 Å². The van der Waals surface area contributed by atoms with Gasteiger partial charge in [0.1, 0.15) is 0 Å². The molecule has 1 aliphatic heterocycles. The lowest BCUT2D eigenvalue weighted by molar-refractivity contribution is -0.0000117. The Morgan fingerprint density at radius 2 is 1.84 bits per heavy atom. The first-order valence-corrected chi connectivity index (χ1v) is 7.06. The van der Waals surface area contributed by atoms with Gasteiger partial charge in [0.15, 0.2) is 5.78 Å². The molecular weight excluding hydrogens is 258 g/mol. The smallest absolute Gasteiger partial charge is 1.00 e. The number of carbonyl (C=O) groups excluding carboxylic acids is 1. The third-order valence-corrected chi connectivity index (χ3v) is 3.83. The topological polar surface area (TPSA) is 20.3 Å². The van der Waals surface area contributed by atoms with Gasteiger partial charge in [-0.25, -0.2) is 0 Å². The van der Waals surface area contributed by atoms with Crippen molar-refractivity contribution in [3.63, 3.8) is 0 Å². The van der Waals surface area contributed by atoms with E-state index in [0.717, 1.165) is 31.6 Å². The van der Waals surface area contributed by atoms with E-state index in [1.165, 1.54) is 18.4 Å². The molecule has 1 unspecified atom stereocenters. The Labute approximate surface area is 124 Å². The van der Waals surface area contributed by atoms with E-state index in [1.807, 2.05) is 19.1 Å². The summed E-state index contributed by atoms with van der Waals surface area (Å²) in [6.45, 7) is 7.41. The average Bonchev–Trinajstić information content (AvgIpc) is 2.91. The van der Waals surface area contributed by atoms with E-state index in [9.17, 15) is 4.79 Å². The minimum absolute atomic E-state index is 0. The first kappa shape index (κ1) is 16.2. The van der Waals surface area contributed by atoms with Crippen molar-refractivity contribution in [1.29, 1.82) is 0 Å². The first-order valence-electron chi connectivity index (χ1n) is 7.06. The van der Waals surface area contributed by atoms with Gasteiger partial charge in [0, 0.05) is 18.0 Å². The van der Waals surface area contributed by atoms with Crippen LogP contribution in [0.15, 0.2) is 24.3 Å². The predicted molar refractivity (Wildman–Crippen MR) is 76.1 cm³/mol. The van der Waals surface area contributed by atoms with Gasteiger partial charge in [0.2, 0.25) is 0 Å². The van der Waals surface area contributed by atoms with Crippen LogP contribution in [0.3, 0.4) is 0 Å². The molecule has 0 N–H and O–H groups in total. The molecule has 1 aliphatic rings. The summed E-state index contributed by atoms with van der Waals surface area (Å²) in [4.78, 5) is 14.7. The highest BCUT2D eigenvalue weighted by atomic mass is 35.5. The minimum atomic E-state index is 0. The molecule has 1 atom stereocenters. The average molecular weight is 282 g/mol. The summed E-state index contributed by atoms with van der Waals surface area (Å²) in [5.74, 6) is 0.389. The van der Waals surface area contributed by atoms with Crippen LogP contribution < -0.4 is 12.4 Å². The fourth-order valence-electron chi connectivity index (χ4n) is 2.62. The zero-order valence-electron chi connectivity index (χ0n) is 12.9. The molecule has 0 aromatic heterocycles. The Kier molecular flexibility index (Phi) is 6.53. The fourth-order valence-corrected chi connectivity index (χ4v) is 2.62. The zero-order chi connectivity index (χ0) is 13.0. The van der Waals surface area contributed by atoms with E-state index >= 15 is 0 Å². The van der Waals surface area contributed by atoms with Crippen molar-refractivity contribution in [3.8, 4) is 0 Å². The monoisotopic (exact) mass is 281 g/mol. The van der Waals surface area contributed by atoms with E-state index in [1.54, 1.807) is 0 Å². The summed E-state index contributed by atoms with van der Waals surface area (Å²) in [6.07, 6.45) is 3.59. The molecule has 0 saturated carbocycles. The number of hydrogen-bond acceptors (Lipinski definition) is 2. The maximum atomic E-state index is 12.3. The number of nitrogens with zero attached hydrogens (tertiary/aromatic N) is 1. The number of rotatable bonds is 5. The second-order valence-corrected chi connectivity index (χ2v) is 5.32. The molecule has 1 fully saturated rings. The number of benzene rings is 1. The molecule has 19 heavy (non-hydrogen) atoms. The number of hydrogen-bond donors (Lipinski definition) is 0. The van der Waals surface area contributed by atoms with Crippen molar-refractivity contribution < 1.29 is 18.6 Å². The second-order valence-electron chi connectivity index (χ2n) is 5.32. The van der Waals surface area contributed by atoms with Crippen molar-refractivity contribution in [2.24, 2.45) is 5.92 Å². The second kappa shape index (κ2) is 7.66. The van der Waals surface area contributed by atoms with E-state index in [-0.39, 0.29) is 25.5 Å². The molecule has 0 radical (unpaired) electrons. The molecule has 1 aromatic carbocycles. The molecule has 0 bridgehead atoms. The van der Waals surface area contributed by atoms with Gasteiger partial charge in [-0.1, -0.05) is 38.1 Å². The third-order valence-electron chi connectivity index (χ3n) is 3.83. The standard InChI is InChI=1S/C16H23NO.ClH/c1-3-14-6-8-15(9-7-14)16(18)13(2)12-17-10-4-5-11-17;/h6-9,13H,3-5,10-12H2,1-2H3;1H. The van der Waals surface area contributed by atoms with Gasteiger partial charge in [0.05, 0.1) is 0 Å². The number of carbonyl (C=O) groups is 1. The summed E-state index contributed by atoms with van der Waals surface area (Å²) >= 11 is 0. The van der Waals surface area contributed by atoms with Gasteiger partial charge in [-0.3, -0.25) is 4.79 Å². The fraction of sp³-hybridized carbons (Fsp3) is 0.562. The van der Waals surface area contributed by atoms with E-state index in [0.29, 0.717) is 0 Å². The number of likely N-dealkylation sites (tertiary alicyclic amines) is 1. The molecule has 3 heteroatoms. The van der Waals surface area contributed by atoms with Gasteiger partial charge in [-0.15, -0.1) is 0 Å². The molecule has 2 rings (SSSR count). The van der Waals surface area contributed by atoms with E-state index < -0.39 is 0 Å². The van der Waals surface area contributed by atoms with Crippen LogP contribution in [0.25, 0.3) is 0 Å². The number of ketones is 1. The van der Waals surface area contributed by atoms with Crippen LogP contribution in [0.1, 0.15) is 44.0 Å². The first-order chi connectivity index (χ1) is 8.70. The van der Waals surface area contributed by atoms with E-state index in [2.05, 4.69) is 24.0 Å². The van der Waals surface area contributed by atoms with Crippen LogP contribution in [-0.2, 0) is 6.42 Å². The van der Waals surface area contributed by atoms with Gasteiger partial charge in [-0.2, -0.15) is 0 Å². The largest absolute Gasteiger partial charge is 1.00 e. The zero-order valence-corrected chi connectivity index (χ0v) is 12.6. The van der Waals surface area contributed by atoms with Crippen molar-refractivity contribution >= 4 is 5.78 Å². The molecule has 1 heterocycles. The van der Waals surface area contributed by atoms with Gasteiger partial charge in [-0.05, 0) is 37.9 Å². The summed E-state index contributed by atoms with van der Waals surface area (Å²) in [7, 11) is 0. The molecular formula is C16H24ClNO. The lowest BCUT2D eigenvalue weighted by Crippen LogP contribution is -3.00. The van der Waals surface area contributed by atoms with Gasteiger partial charge >= 0.3 is 1.43 Å². The van der Waals surface area contributed by atoms with Crippen LogP contribution >= 0.6 is 0 Å². The molecule has 0 aliphatic carbocycles. The van der Waals surface area contributed by atoms with Gasteiger partial charge < -0.3 is 17.3 Å². The predicted octanol–water partition coefficient (Wildman–Crippen LogP) is 0.280. The highest BCUT2D eigenvalue weighted by Gasteiger charge is 2.20. The maximum absolute atomic E-state index is 12.3. The molecule has 2 nitrogen and oxygen atoms in total. The Balaban J connectivity index is 0.00000180. The Morgan fingerprint density at radius 1 is 1.26 bits per heavy atom. The quantitative estimate of drug-likeness (QED) is 0.723. The Hall–Kier alpha value is -0.860. The summed E-state index contributed by atoms with van der Waals surface area (Å²) in [6, 6.07) is 8.08. The van der Waals surface area contributed by atoms with Gasteiger partial charge in [0.25, 0.3) is 0 Å². The lowest BCUT2D eigenvalue weighted by atomic mass is 9.97. The minimum Gasteiger partial charge on any atom is -1.00 e. The van der Waals surface area contributed by atoms with Crippen molar-refractivity contribution in [2.45, 2.75) is 33.1 Å². The van der Waals surface area contributed by atoms with Crippen molar-refractivity contribution in [3.05, 3.63) is 35.4 Å². The molecule has 1 saturated heterocycles. The summed E-state index contributed by atoms with van der Waals surface area (Å²) in [5, 5.41) is 0. The Bertz CT molecular complexity index is 401. The maximum Gasteiger partial charge on any atom is 1.00 e. The summed E-state index contributed by atoms with van der Waals surface area (Å²) < 4.78 is 0. The van der Waals surface area contributed by atoms with Crippen molar-refractivity contribution in [2.75, 3.05) is 19.6 Å². The van der Waals surface area contributed by atoms with Crippen LogP contribution in [0, 0.1) is 5.92 Å². The van der Waals surface area contributed by atoms with Crippen LogP contribution in [0.4, 0.5) is 0 Å². The highest BCUT2D eigenvalue weighted by molar-refractivity contribution is 5.97. The Morgan fingerprint density at radius 3 is 2.37 bits per heavy atom. The summed E-state index contributed by atoms with van der Waals surface area (Å²) in [5.41, 5.74) is 2.15. The van der Waals surface area contributed by atoms with Crippen LogP contribution in [-0.4, -0.2) is 30.3 Å². The molecule has 106 valence electrons. The number of Topliss-reactive ketones (excluding diaryl/α,β-unsaturated/α-hetero) is 1. The SMILES string of the molecule is CCc1ccc(C(=O)C(C)CN2CCCC2)cc1.[Cl-].[H+]. The normalized spacial score (nSPS) is 16.9. The lowest BCUT2D eigenvalue weighted by Gasteiger charge is -2.19. The van der Waals surface area contributed by atoms with Crippen LogP contribution in [0.5, 0.6) is 0 Å². The number of halogens is 1. The van der Waals surface area contributed by atoms with Crippen molar-refractivity contribution in [1.82, 2.24) is 4.90 Å². The van der Waals surface area contributed by atoms with E-state index in [4.69, 9.17) is 0 Å². The third kappa shape index (κ3) is 4.32. The highest BCUT2D eigenvalue weighted by Crippen LogP contribution is 2.15.